The van der Waals surface area contributed by atoms with Crippen LogP contribution in [0.25, 0.3) is 0 Å². The molecule has 0 saturated heterocycles. The number of rotatable bonds is 8. The first kappa shape index (κ1) is 24.7. The third-order valence-corrected chi connectivity index (χ3v) is 7.44. The number of carbonyl (C=O) groups is 2. The predicted octanol–water partition coefficient (Wildman–Crippen LogP) is 3.93. The van der Waals surface area contributed by atoms with Crippen LogP contribution in [0.2, 0.25) is 0 Å². The van der Waals surface area contributed by atoms with Crippen LogP contribution in [-0.4, -0.2) is 43.8 Å². The van der Waals surface area contributed by atoms with Gasteiger partial charge in [0.25, 0.3) is 15.9 Å². The normalized spacial score (nSPS) is 15.5. The molecule has 0 bridgehead atoms. The summed E-state index contributed by atoms with van der Waals surface area (Å²) in [5, 5.41) is 2.99. The van der Waals surface area contributed by atoms with E-state index in [-0.39, 0.29) is 22.4 Å². The molecule has 0 aliphatic heterocycles. The van der Waals surface area contributed by atoms with Gasteiger partial charge < -0.3 is 10.2 Å². The molecular weight excluding hydrogens is 445 g/mol. The van der Waals surface area contributed by atoms with Gasteiger partial charge in [-0.2, -0.15) is 0 Å². The molecule has 2 amide bonds. The van der Waals surface area contributed by atoms with Gasteiger partial charge in [0.2, 0.25) is 5.91 Å². The van der Waals surface area contributed by atoms with Gasteiger partial charge in [0.05, 0.1) is 4.90 Å². The minimum absolute atomic E-state index is 0.0516. The van der Waals surface area contributed by atoms with Crippen LogP contribution in [0.1, 0.15) is 56.3 Å². The molecule has 0 unspecified atom stereocenters. The third-order valence-electron chi connectivity index (χ3n) is 6.04. The van der Waals surface area contributed by atoms with Gasteiger partial charge in [0, 0.05) is 24.3 Å². The van der Waals surface area contributed by atoms with Gasteiger partial charge in [0.15, 0.2) is 0 Å². The Morgan fingerprint density at radius 1 is 0.939 bits per heavy atom. The van der Waals surface area contributed by atoms with E-state index in [1.807, 2.05) is 13.8 Å². The molecule has 2 aromatic carbocycles. The van der Waals surface area contributed by atoms with Crippen LogP contribution in [0.5, 0.6) is 0 Å². The van der Waals surface area contributed by atoms with Crippen molar-refractivity contribution in [2.24, 2.45) is 0 Å². The zero-order chi connectivity index (χ0) is 24.1. The quantitative estimate of drug-likeness (QED) is 0.605. The SMILES string of the molecule is CCN(CC)C(=O)C1(NC(=O)c2ccc(NS(=O)(=O)c3ccc(F)cc3)cc2)CCCCC1. The van der Waals surface area contributed by atoms with E-state index in [0.717, 1.165) is 31.4 Å². The van der Waals surface area contributed by atoms with Crippen molar-refractivity contribution in [2.75, 3.05) is 17.8 Å². The number of likely N-dealkylation sites (N-methyl/N-ethyl adjacent to an activating group) is 1. The maximum Gasteiger partial charge on any atom is 0.261 e. The number of sulfonamides is 1. The summed E-state index contributed by atoms with van der Waals surface area (Å²) in [6, 6.07) is 10.5. The first-order chi connectivity index (χ1) is 15.7. The van der Waals surface area contributed by atoms with Crippen LogP contribution in [0.4, 0.5) is 10.1 Å². The first-order valence-electron chi connectivity index (χ1n) is 11.2. The highest BCUT2D eigenvalue weighted by atomic mass is 32.2. The standard InChI is InChI=1S/C24H30FN3O4S/c1-3-28(4-2)23(30)24(16-6-5-7-17-24)26-22(29)18-8-12-20(13-9-18)27-33(31,32)21-14-10-19(25)11-15-21/h8-15,27H,3-7,16-17H2,1-2H3,(H,26,29). The molecule has 1 fully saturated rings. The lowest BCUT2D eigenvalue weighted by Gasteiger charge is -2.40. The Morgan fingerprint density at radius 2 is 1.52 bits per heavy atom. The van der Waals surface area contributed by atoms with Crippen LogP contribution in [-0.2, 0) is 14.8 Å². The van der Waals surface area contributed by atoms with E-state index in [0.29, 0.717) is 31.5 Å². The largest absolute Gasteiger partial charge is 0.341 e. The molecule has 0 atom stereocenters. The van der Waals surface area contributed by atoms with Crippen molar-refractivity contribution >= 4 is 27.5 Å². The first-order valence-corrected chi connectivity index (χ1v) is 12.7. The summed E-state index contributed by atoms with van der Waals surface area (Å²) in [7, 11) is -3.89. The molecule has 0 radical (unpaired) electrons. The zero-order valence-corrected chi connectivity index (χ0v) is 19.8. The van der Waals surface area contributed by atoms with Gasteiger partial charge in [-0.3, -0.25) is 14.3 Å². The molecule has 0 aromatic heterocycles. The number of amides is 2. The van der Waals surface area contributed by atoms with Crippen molar-refractivity contribution < 1.29 is 22.4 Å². The smallest absolute Gasteiger partial charge is 0.261 e. The Balaban J connectivity index is 1.74. The average Bonchev–Trinajstić information content (AvgIpc) is 2.81. The molecule has 9 heteroatoms. The molecule has 1 aliphatic rings. The van der Waals surface area contributed by atoms with Gasteiger partial charge >= 0.3 is 0 Å². The summed E-state index contributed by atoms with van der Waals surface area (Å²) in [5.74, 6) is -0.950. The van der Waals surface area contributed by atoms with E-state index in [2.05, 4.69) is 10.0 Å². The minimum Gasteiger partial charge on any atom is -0.341 e. The summed E-state index contributed by atoms with van der Waals surface area (Å²) in [6.45, 7) is 5.00. The van der Waals surface area contributed by atoms with Crippen molar-refractivity contribution in [2.45, 2.75) is 56.4 Å². The average molecular weight is 476 g/mol. The lowest BCUT2D eigenvalue weighted by molar-refractivity contribution is -0.139. The van der Waals surface area contributed by atoms with Gasteiger partial charge in [-0.05, 0) is 75.2 Å². The van der Waals surface area contributed by atoms with Crippen molar-refractivity contribution in [3.8, 4) is 0 Å². The Bertz CT molecular complexity index is 1080. The van der Waals surface area contributed by atoms with E-state index >= 15 is 0 Å². The van der Waals surface area contributed by atoms with Crippen molar-refractivity contribution in [1.29, 1.82) is 0 Å². The van der Waals surface area contributed by atoms with Gasteiger partial charge in [0.1, 0.15) is 11.4 Å². The molecule has 178 valence electrons. The second kappa shape index (κ2) is 10.3. The van der Waals surface area contributed by atoms with E-state index < -0.39 is 21.4 Å². The van der Waals surface area contributed by atoms with Crippen molar-refractivity contribution in [3.63, 3.8) is 0 Å². The van der Waals surface area contributed by atoms with Crippen LogP contribution < -0.4 is 10.0 Å². The lowest BCUT2D eigenvalue weighted by Crippen LogP contribution is -2.60. The van der Waals surface area contributed by atoms with E-state index in [4.69, 9.17) is 0 Å². The topological polar surface area (TPSA) is 95.6 Å². The van der Waals surface area contributed by atoms with E-state index in [1.54, 1.807) is 4.90 Å². The number of nitrogens with zero attached hydrogens (tertiary/aromatic N) is 1. The Kier molecular flexibility index (Phi) is 7.73. The van der Waals surface area contributed by atoms with Crippen molar-refractivity contribution in [1.82, 2.24) is 10.2 Å². The van der Waals surface area contributed by atoms with Gasteiger partial charge in [-0.15, -0.1) is 0 Å². The number of nitrogens with one attached hydrogen (secondary N) is 2. The summed E-state index contributed by atoms with van der Waals surface area (Å²) >= 11 is 0. The fourth-order valence-corrected chi connectivity index (χ4v) is 5.23. The molecular formula is C24H30FN3O4S. The van der Waals surface area contributed by atoms with Crippen molar-refractivity contribution in [3.05, 3.63) is 59.9 Å². The molecule has 2 N–H and O–H groups in total. The highest BCUT2D eigenvalue weighted by Crippen LogP contribution is 2.31. The van der Waals surface area contributed by atoms with Crippen LogP contribution in [0.3, 0.4) is 0 Å². The van der Waals surface area contributed by atoms with Crippen LogP contribution in [0.15, 0.2) is 53.4 Å². The van der Waals surface area contributed by atoms with Gasteiger partial charge in [-0.25, -0.2) is 12.8 Å². The Hall–Kier alpha value is -2.94. The number of benzene rings is 2. The maximum absolute atomic E-state index is 13.2. The molecule has 33 heavy (non-hydrogen) atoms. The summed E-state index contributed by atoms with van der Waals surface area (Å²) in [6.07, 6.45) is 3.98. The number of hydrogen-bond acceptors (Lipinski definition) is 4. The fraction of sp³-hybridized carbons (Fsp3) is 0.417. The number of anilines is 1. The number of hydrogen-bond donors (Lipinski definition) is 2. The highest BCUT2D eigenvalue weighted by molar-refractivity contribution is 7.92. The zero-order valence-electron chi connectivity index (χ0n) is 18.9. The fourth-order valence-electron chi connectivity index (χ4n) is 4.17. The molecule has 3 rings (SSSR count). The molecule has 7 nitrogen and oxygen atoms in total. The summed E-state index contributed by atoms with van der Waals surface area (Å²) in [5.41, 5.74) is -0.316. The van der Waals surface area contributed by atoms with Crippen LogP contribution in [0, 0.1) is 5.82 Å². The third kappa shape index (κ3) is 5.71. The molecule has 1 aliphatic carbocycles. The predicted molar refractivity (Wildman–Crippen MR) is 125 cm³/mol. The molecule has 0 heterocycles. The second-order valence-electron chi connectivity index (χ2n) is 8.21. The van der Waals surface area contributed by atoms with Gasteiger partial charge in [-0.1, -0.05) is 19.3 Å². The van der Waals surface area contributed by atoms with Crippen LogP contribution >= 0.6 is 0 Å². The monoisotopic (exact) mass is 475 g/mol. The maximum atomic E-state index is 13.2. The van der Waals surface area contributed by atoms with E-state index in [9.17, 15) is 22.4 Å². The molecule has 1 saturated carbocycles. The summed E-state index contributed by atoms with van der Waals surface area (Å²) in [4.78, 5) is 27.9. The minimum atomic E-state index is -3.89. The lowest BCUT2D eigenvalue weighted by atomic mass is 9.80. The summed E-state index contributed by atoms with van der Waals surface area (Å²) < 4.78 is 40.4. The molecule has 2 aromatic rings. The van der Waals surface area contributed by atoms with E-state index in [1.165, 1.54) is 36.4 Å². The second-order valence-corrected chi connectivity index (χ2v) is 9.89. The highest BCUT2D eigenvalue weighted by Gasteiger charge is 2.42. The number of halogens is 1. The molecule has 0 spiro atoms. The number of carbonyl (C=O) groups excluding carboxylic acids is 2. The Labute approximate surface area is 194 Å². The Morgan fingerprint density at radius 3 is 2.06 bits per heavy atom.